The van der Waals surface area contributed by atoms with Crippen LogP contribution in [0.3, 0.4) is 0 Å². The Morgan fingerprint density at radius 1 is 1.37 bits per heavy atom. The first-order valence-electron chi connectivity index (χ1n) is 6.14. The van der Waals surface area contributed by atoms with Gasteiger partial charge in [-0.2, -0.15) is 0 Å². The van der Waals surface area contributed by atoms with Crippen molar-refractivity contribution in [2.45, 2.75) is 19.4 Å². The highest BCUT2D eigenvalue weighted by molar-refractivity contribution is 9.10. The topological polar surface area (TPSA) is 24.9 Å². The first-order valence-corrected chi connectivity index (χ1v) is 6.94. The number of hydrogen-bond donors (Lipinski definition) is 1. The minimum atomic E-state index is -0.193. The molecule has 2 nitrogen and oxygen atoms in total. The highest BCUT2D eigenvalue weighted by Gasteiger charge is 2.15. The molecule has 4 heteroatoms. The number of nitrogens with zero attached hydrogens (tertiary/aromatic N) is 1. The van der Waals surface area contributed by atoms with Crippen molar-refractivity contribution in [2.24, 2.45) is 0 Å². The van der Waals surface area contributed by atoms with Gasteiger partial charge in [-0.05, 0) is 71.7 Å². The zero-order valence-electron chi connectivity index (χ0n) is 11.0. The van der Waals surface area contributed by atoms with Crippen LogP contribution in [0.15, 0.2) is 41.0 Å². The number of halogens is 2. The van der Waals surface area contributed by atoms with Crippen molar-refractivity contribution in [1.29, 1.82) is 0 Å². The molecular formula is C15H16BrFN2. The van der Waals surface area contributed by atoms with E-state index in [-0.39, 0.29) is 11.9 Å². The monoisotopic (exact) mass is 322 g/mol. The molecular weight excluding hydrogens is 307 g/mol. The van der Waals surface area contributed by atoms with Crippen LogP contribution in [0.25, 0.3) is 0 Å². The lowest BCUT2D eigenvalue weighted by Crippen LogP contribution is -2.21. The van der Waals surface area contributed by atoms with E-state index in [1.54, 1.807) is 12.3 Å². The van der Waals surface area contributed by atoms with Gasteiger partial charge in [-0.15, -0.1) is 0 Å². The predicted molar refractivity (Wildman–Crippen MR) is 78.6 cm³/mol. The summed E-state index contributed by atoms with van der Waals surface area (Å²) >= 11 is 3.52. The Hall–Kier alpha value is -1.26. The Kier molecular flexibility index (Phi) is 4.66. The quantitative estimate of drug-likeness (QED) is 0.926. The fourth-order valence-electron chi connectivity index (χ4n) is 2.10. The van der Waals surface area contributed by atoms with E-state index >= 15 is 0 Å². The highest BCUT2D eigenvalue weighted by Crippen LogP contribution is 2.25. The SMILES string of the molecule is CNC(Cc1ccc(F)cc1C)c1ncccc1Br. The average Bonchev–Trinajstić information content (AvgIpc) is 2.39. The van der Waals surface area contributed by atoms with Crippen LogP contribution < -0.4 is 5.32 Å². The van der Waals surface area contributed by atoms with Gasteiger partial charge in [0.2, 0.25) is 0 Å². The first-order chi connectivity index (χ1) is 9.11. The molecule has 1 heterocycles. The van der Waals surface area contributed by atoms with Gasteiger partial charge >= 0.3 is 0 Å². The summed E-state index contributed by atoms with van der Waals surface area (Å²) in [4.78, 5) is 4.41. The second kappa shape index (κ2) is 6.26. The smallest absolute Gasteiger partial charge is 0.123 e. The summed E-state index contributed by atoms with van der Waals surface area (Å²) in [5.41, 5.74) is 3.05. The Balaban J connectivity index is 2.27. The number of benzene rings is 1. The van der Waals surface area contributed by atoms with Gasteiger partial charge < -0.3 is 5.32 Å². The summed E-state index contributed by atoms with van der Waals surface area (Å²) in [6, 6.07) is 8.87. The Bertz CT molecular complexity index is 572. The standard InChI is InChI=1S/C15H16BrFN2/c1-10-8-12(17)6-5-11(10)9-14(18-2)15-13(16)4-3-7-19-15/h3-8,14,18H,9H2,1-2H3. The second-order valence-electron chi connectivity index (χ2n) is 4.49. The molecule has 1 unspecified atom stereocenters. The van der Waals surface area contributed by atoms with Crippen molar-refractivity contribution in [1.82, 2.24) is 10.3 Å². The van der Waals surface area contributed by atoms with Gasteiger partial charge in [-0.1, -0.05) is 6.07 Å². The minimum absolute atomic E-state index is 0.0970. The maximum Gasteiger partial charge on any atom is 0.123 e. The van der Waals surface area contributed by atoms with Gasteiger partial charge in [-0.25, -0.2) is 4.39 Å². The van der Waals surface area contributed by atoms with Gasteiger partial charge in [0, 0.05) is 10.7 Å². The van der Waals surface area contributed by atoms with E-state index in [0.29, 0.717) is 0 Å². The Morgan fingerprint density at radius 3 is 2.79 bits per heavy atom. The van der Waals surface area contributed by atoms with Crippen molar-refractivity contribution >= 4 is 15.9 Å². The van der Waals surface area contributed by atoms with Crippen molar-refractivity contribution in [3.8, 4) is 0 Å². The molecule has 1 N–H and O–H groups in total. The Labute approximate surface area is 121 Å². The molecule has 0 radical (unpaired) electrons. The molecule has 1 atom stereocenters. The third kappa shape index (κ3) is 3.39. The minimum Gasteiger partial charge on any atom is -0.311 e. The molecule has 0 aliphatic rings. The molecule has 2 aromatic rings. The van der Waals surface area contributed by atoms with Crippen LogP contribution in [0, 0.1) is 12.7 Å². The molecule has 0 saturated heterocycles. The molecule has 19 heavy (non-hydrogen) atoms. The molecule has 2 rings (SSSR count). The predicted octanol–water partition coefficient (Wildman–Crippen LogP) is 3.79. The van der Waals surface area contributed by atoms with Gasteiger partial charge in [0.1, 0.15) is 5.82 Å². The van der Waals surface area contributed by atoms with Crippen LogP contribution in [-0.4, -0.2) is 12.0 Å². The summed E-state index contributed by atoms with van der Waals surface area (Å²) in [7, 11) is 1.91. The van der Waals surface area contributed by atoms with E-state index in [9.17, 15) is 4.39 Å². The van der Waals surface area contributed by atoms with Gasteiger partial charge in [-0.3, -0.25) is 4.98 Å². The molecule has 0 aliphatic heterocycles. The number of nitrogens with one attached hydrogen (secondary N) is 1. The zero-order chi connectivity index (χ0) is 13.8. The summed E-state index contributed by atoms with van der Waals surface area (Å²) in [5, 5.41) is 3.26. The molecule has 0 aliphatic carbocycles. The maximum atomic E-state index is 13.1. The summed E-state index contributed by atoms with van der Waals surface area (Å²) < 4.78 is 14.1. The molecule has 100 valence electrons. The number of rotatable bonds is 4. The molecule has 0 bridgehead atoms. The fourth-order valence-corrected chi connectivity index (χ4v) is 2.63. The van der Waals surface area contributed by atoms with E-state index in [2.05, 4.69) is 26.2 Å². The van der Waals surface area contributed by atoms with Crippen LogP contribution in [-0.2, 0) is 6.42 Å². The van der Waals surface area contributed by atoms with Crippen molar-refractivity contribution in [3.05, 3.63) is 63.6 Å². The fraction of sp³-hybridized carbons (Fsp3) is 0.267. The number of likely N-dealkylation sites (N-methyl/N-ethyl adjacent to an activating group) is 1. The number of aromatic nitrogens is 1. The van der Waals surface area contributed by atoms with Crippen LogP contribution in [0.2, 0.25) is 0 Å². The van der Waals surface area contributed by atoms with Crippen LogP contribution >= 0.6 is 15.9 Å². The highest BCUT2D eigenvalue weighted by atomic mass is 79.9. The van der Waals surface area contributed by atoms with E-state index in [1.165, 1.54) is 6.07 Å². The lowest BCUT2D eigenvalue weighted by atomic mass is 9.99. The number of aryl methyl sites for hydroxylation is 1. The molecule has 1 aromatic heterocycles. The largest absolute Gasteiger partial charge is 0.311 e. The normalized spacial score (nSPS) is 12.4. The lowest BCUT2D eigenvalue weighted by molar-refractivity contribution is 0.569. The van der Waals surface area contributed by atoms with E-state index in [0.717, 1.165) is 27.7 Å². The summed E-state index contributed by atoms with van der Waals surface area (Å²) in [6.45, 7) is 1.93. The van der Waals surface area contributed by atoms with Crippen molar-refractivity contribution in [2.75, 3.05) is 7.05 Å². The zero-order valence-corrected chi connectivity index (χ0v) is 12.5. The molecule has 1 aromatic carbocycles. The second-order valence-corrected chi connectivity index (χ2v) is 5.34. The van der Waals surface area contributed by atoms with Gasteiger partial charge in [0.25, 0.3) is 0 Å². The molecule has 0 amide bonds. The molecule has 0 saturated carbocycles. The summed E-state index contributed by atoms with van der Waals surface area (Å²) in [5.74, 6) is -0.193. The third-order valence-corrected chi connectivity index (χ3v) is 3.86. The van der Waals surface area contributed by atoms with Crippen molar-refractivity contribution in [3.63, 3.8) is 0 Å². The van der Waals surface area contributed by atoms with Gasteiger partial charge in [0.15, 0.2) is 0 Å². The summed E-state index contributed by atoms with van der Waals surface area (Å²) in [6.07, 6.45) is 2.56. The Morgan fingerprint density at radius 2 is 2.16 bits per heavy atom. The van der Waals surface area contributed by atoms with Gasteiger partial charge in [0.05, 0.1) is 11.7 Å². The average molecular weight is 323 g/mol. The van der Waals surface area contributed by atoms with E-state index < -0.39 is 0 Å². The lowest BCUT2D eigenvalue weighted by Gasteiger charge is -2.18. The number of pyridine rings is 1. The van der Waals surface area contributed by atoms with E-state index in [1.807, 2.05) is 32.2 Å². The van der Waals surface area contributed by atoms with Crippen LogP contribution in [0.4, 0.5) is 4.39 Å². The number of hydrogen-bond acceptors (Lipinski definition) is 2. The first kappa shape index (κ1) is 14.2. The van der Waals surface area contributed by atoms with E-state index in [4.69, 9.17) is 0 Å². The molecule has 0 fully saturated rings. The van der Waals surface area contributed by atoms with Crippen LogP contribution in [0.1, 0.15) is 22.9 Å². The third-order valence-electron chi connectivity index (χ3n) is 3.19. The van der Waals surface area contributed by atoms with Crippen LogP contribution in [0.5, 0.6) is 0 Å². The maximum absolute atomic E-state index is 13.1. The van der Waals surface area contributed by atoms with Crippen molar-refractivity contribution < 1.29 is 4.39 Å². The molecule has 0 spiro atoms.